The van der Waals surface area contributed by atoms with Gasteiger partial charge in [0.2, 0.25) is 11.4 Å². The van der Waals surface area contributed by atoms with Crippen LogP contribution in [0.15, 0.2) is 51.4 Å². The molecule has 0 atom stereocenters. The lowest BCUT2D eigenvalue weighted by Gasteiger charge is -2.30. The van der Waals surface area contributed by atoms with Crippen LogP contribution in [0, 0.1) is 12.1 Å². The quantitative estimate of drug-likeness (QED) is 0.540. The normalized spacial score (nSPS) is 14.4. The summed E-state index contributed by atoms with van der Waals surface area (Å²) in [6.07, 6.45) is 0. The van der Waals surface area contributed by atoms with Crippen molar-refractivity contribution in [3.8, 4) is 5.75 Å². The highest BCUT2D eigenvalue weighted by Gasteiger charge is 2.37. The smallest absolute Gasteiger partial charge is 0.336 e. The number of ether oxygens (including phenoxy) is 3. The SMILES string of the molecule is COC(=O)C1=C(C)NC(C)=C(C(=O)OC)C1c1cccc(OCc2c(C)no[n+]2[O-])c1. The van der Waals surface area contributed by atoms with E-state index in [0.717, 1.165) is 0 Å². The van der Waals surface area contributed by atoms with Crippen molar-refractivity contribution in [2.24, 2.45) is 0 Å². The van der Waals surface area contributed by atoms with Crippen LogP contribution in [0.3, 0.4) is 0 Å². The Morgan fingerprint density at radius 3 is 2.26 bits per heavy atom. The molecule has 31 heavy (non-hydrogen) atoms. The predicted octanol–water partition coefficient (Wildman–Crippen LogP) is 1.78. The Bertz CT molecular complexity index is 1030. The number of nitrogens with zero attached hydrogens (tertiary/aromatic N) is 2. The van der Waals surface area contributed by atoms with Crippen molar-refractivity contribution in [1.29, 1.82) is 0 Å². The number of carbonyl (C=O) groups excluding carboxylic acids is 2. The van der Waals surface area contributed by atoms with Crippen molar-refractivity contribution in [3.63, 3.8) is 0 Å². The molecule has 2 aromatic rings. The summed E-state index contributed by atoms with van der Waals surface area (Å²) in [5.74, 6) is -1.43. The van der Waals surface area contributed by atoms with Gasteiger partial charge in [-0.3, -0.25) is 4.63 Å². The zero-order valence-electron chi connectivity index (χ0n) is 17.8. The van der Waals surface area contributed by atoms with Gasteiger partial charge in [-0.15, -0.1) is 0 Å². The average Bonchev–Trinajstić information content (AvgIpc) is 3.08. The molecule has 1 aliphatic heterocycles. The Balaban J connectivity index is 2.02. The number of esters is 2. The molecule has 0 spiro atoms. The first-order valence-corrected chi connectivity index (χ1v) is 9.41. The van der Waals surface area contributed by atoms with E-state index in [1.54, 1.807) is 45.0 Å². The summed E-state index contributed by atoms with van der Waals surface area (Å²) in [4.78, 5) is 25.5. The summed E-state index contributed by atoms with van der Waals surface area (Å²) in [6.45, 7) is 5.04. The molecule has 1 aliphatic rings. The molecule has 10 nitrogen and oxygen atoms in total. The van der Waals surface area contributed by atoms with Crippen molar-refractivity contribution in [2.45, 2.75) is 33.3 Å². The zero-order chi connectivity index (χ0) is 22.7. The lowest BCUT2D eigenvalue weighted by molar-refractivity contribution is -0.808. The summed E-state index contributed by atoms with van der Waals surface area (Å²) in [5.41, 5.74) is 3.00. The van der Waals surface area contributed by atoms with Crippen LogP contribution in [0.25, 0.3) is 0 Å². The van der Waals surface area contributed by atoms with Crippen LogP contribution >= 0.6 is 0 Å². The van der Waals surface area contributed by atoms with Crippen LogP contribution < -0.4 is 15.0 Å². The van der Waals surface area contributed by atoms with Crippen molar-refractivity contribution >= 4 is 11.9 Å². The van der Waals surface area contributed by atoms with Crippen LogP contribution in [0.5, 0.6) is 5.75 Å². The highest BCUT2D eigenvalue weighted by Crippen LogP contribution is 2.40. The number of benzene rings is 1. The van der Waals surface area contributed by atoms with E-state index in [0.29, 0.717) is 28.4 Å². The van der Waals surface area contributed by atoms with E-state index in [1.165, 1.54) is 14.2 Å². The molecule has 10 heteroatoms. The van der Waals surface area contributed by atoms with Crippen LogP contribution in [0.2, 0.25) is 0 Å². The Morgan fingerprint density at radius 1 is 1.13 bits per heavy atom. The van der Waals surface area contributed by atoms with Gasteiger partial charge in [0, 0.05) is 23.5 Å². The van der Waals surface area contributed by atoms with Gasteiger partial charge >= 0.3 is 11.9 Å². The molecule has 0 unspecified atom stereocenters. The minimum Gasteiger partial charge on any atom is -0.485 e. The summed E-state index contributed by atoms with van der Waals surface area (Å²) in [5, 5.41) is 18.3. The summed E-state index contributed by atoms with van der Waals surface area (Å²) in [6, 6.07) is 6.90. The van der Waals surface area contributed by atoms with Gasteiger partial charge in [-0.05, 0) is 36.4 Å². The zero-order valence-corrected chi connectivity index (χ0v) is 17.8. The molecule has 2 heterocycles. The Morgan fingerprint density at radius 2 is 1.74 bits per heavy atom. The summed E-state index contributed by atoms with van der Waals surface area (Å²) in [7, 11) is 2.56. The predicted molar refractivity (Wildman–Crippen MR) is 106 cm³/mol. The van der Waals surface area contributed by atoms with E-state index in [2.05, 4.69) is 15.1 Å². The number of aromatic nitrogens is 2. The number of aryl methyl sites for hydroxylation is 1. The molecule has 1 aromatic heterocycles. The fourth-order valence-electron chi connectivity index (χ4n) is 3.51. The third-order valence-electron chi connectivity index (χ3n) is 5.03. The minimum absolute atomic E-state index is 0.0635. The molecule has 0 radical (unpaired) electrons. The summed E-state index contributed by atoms with van der Waals surface area (Å²) >= 11 is 0. The van der Waals surface area contributed by atoms with Crippen LogP contribution in [0.1, 0.15) is 36.7 Å². The lowest BCUT2D eigenvalue weighted by atomic mass is 9.80. The van der Waals surface area contributed by atoms with E-state index in [4.69, 9.17) is 14.2 Å². The topological polar surface area (TPSA) is 127 Å². The largest absolute Gasteiger partial charge is 0.485 e. The highest BCUT2D eigenvalue weighted by molar-refractivity contribution is 5.99. The van der Waals surface area contributed by atoms with Gasteiger partial charge in [-0.25, -0.2) is 9.59 Å². The Kier molecular flexibility index (Phi) is 6.28. The molecule has 1 aromatic carbocycles. The fraction of sp³-hybridized carbons (Fsp3) is 0.333. The summed E-state index contributed by atoms with van der Waals surface area (Å²) < 4.78 is 20.2. The Hall–Kier alpha value is -3.82. The monoisotopic (exact) mass is 429 g/mol. The third kappa shape index (κ3) is 4.23. The highest BCUT2D eigenvalue weighted by atomic mass is 16.8. The maximum atomic E-state index is 12.6. The maximum absolute atomic E-state index is 12.6. The number of allylic oxidation sites excluding steroid dienone is 2. The van der Waals surface area contributed by atoms with Gasteiger partial charge in [-0.2, -0.15) is 0 Å². The minimum atomic E-state index is -0.730. The van der Waals surface area contributed by atoms with Crippen LogP contribution in [-0.2, 0) is 25.7 Å². The molecule has 3 rings (SSSR count). The maximum Gasteiger partial charge on any atom is 0.336 e. The van der Waals surface area contributed by atoms with E-state index in [9.17, 15) is 14.8 Å². The molecule has 0 bridgehead atoms. The average molecular weight is 429 g/mol. The number of dihydropyridines is 1. The van der Waals surface area contributed by atoms with Gasteiger partial charge in [0.05, 0.1) is 31.3 Å². The van der Waals surface area contributed by atoms with Gasteiger partial charge in [0.1, 0.15) is 5.75 Å². The van der Waals surface area contributed by atoms with Crippen molar-refractivity contribution < 1.29 is 33.3 Å². The van der Waals surface area contributed by atoms with Gasteiger partial charge in [-0.1, -0.05) is 12.1 Å². The molecule has 0 fully saturated rings. The second-order valence-corrected chi connectivity index (χ2v) is 6.94. The van der Waals surface area contributed by atoms with E-state index < -0.39 is 17.9 Å². The number of hydrogen-bond acceptors (Lipinski definition) is 9. The molecular formula is C21H23N3O7. The molecule has 1 N–H and O–H groups in total. The third-order valence-corrected chi connectivity index (χ3v) is 5.03. The number of rotatable bonds is 6. The number of hydrogen-bond donors (Lipinski definition) is 1. The first-order chi connectivity index (χ1) is 14.8. The second kappa shape index (κ2) is 8.90. The molecule has 0 amide bonds. The molecule has 164 valence electrons. The number of carbonyl (C=O) groups is 2. The number of methoxy groups -OCH3 is 2. The van der Waals surface area contributed by atoms with Gasteiger partial charge in [0.25, 0.3) is 0 Å². The fourth-order valence-corrected chi connectivity index (χ4v) is 3.51. The van der Waals surface area contributed by atoms with Crippen LogP contribution in [0.4, 0.5) is 0 Å². The van der Waals surface area contributed by atoms with Crippen LogP contribution in [-0.4, -0.2) is 31.3 Å². The second-order valence-electron chi connectivity index (χ2n) is 6.94. The first kappa shape index (κ1) is 21.9. The van der Waals surface area contributed by atoms with Crippen molar-refractivity contribution in [2.75, 3.05) is 14.2 Å². The van der Waals surface area contributed by atoms with E-state index in [1.807, 2.05) is 0 Å². The van der Waals surface area contributed by atoms with Crippen molar-refractivity contribution in [3.05, 3.63) is 69.0 Å². The van der Waals surface area contributed by atoms with Gasteiger partial charge < -0.3 is 24.7 Å². The standard InChI is InChI=1S/C21H23N3O7/c1-11-16(24(27)31-23-11)10-30-15-8-6-7-14(9-15)19-17(20(25)28-4)12(2)22-13(3)18(19)21(26)29-5/h6-9,19,22H,10H2,1-5H3. The van der Waals surface area contributed by atoms with E-state index >= 15 is 0 Å². The first-order valence-electron chi connectivity index (χ1n) is 9.41. The van der Waals surface area contributed by atoms with E-state index in [-0.39, 0.29) is 28.4 Å². The Labute approximate surface area is 178 Å². The van der Waals surface area contributed by atoms with Gasteiger partial charge in [0.15, 0.2) is 6.61 Å². The van der Waals surface area contributed by atoms with Crippen molar-refractivity contribution in [1.82, 2.24) is 10.5 Å². The molecular weight excluding hydrogens is 406 g/mol. The lowest BCUT2D eigenvalue weighted by Crippen LogP contribution is -2.32. The molecule has 0 saturated carbocycles. The number of nitrogens with one attached hydrogen (secondary N) is 1. The molecule has 0 saturated heterocycles. The molecule has 0 aliphatic carbocycles.